The number of hydrogen-bond donors (Lipinski definition) is 1. The Kier molecular flexibility index (Phi) is 5.95. The van der Waals surface area contributed by atoms with Crippen LogP contribution in [0.25, 0.3) is 0 Å². The molecule has 0 fully saturated rings. The summed E-state index contributed by atoms with van der Waals surface area (Å²) in [4.78, 5) is 27.5. The Morgan fingerprint density at radius 2 is 1.94 bits per heavy atom. The summed E-state index contributed by atoms with van der Waals surface area (Å²) in [5.41, 5.74) is 1.35. The van der Waals surface area contributed by atoms with E-state index < -0.39 is 0 Å². The van der Waals surface area contributed by atoms with Gasteiger partial charge < -0.3 is 28.7 Å². The third kappa shape index (κ3) is 4.35. The lowest BCUT2D eigenvalue weighted by molar-refractivity contribution is -0.130. The molecular formula is C24H27N5O5. The predicted molar refractivity (Wildman–Crippen MR) is 120 cm³/mol. The number of ether oxygens (including phenoxy) is 2. The Morgan fingerprint density at radius 1 is 1.09 bits per heavy atom. The van der Waals surface area contributed by atoms with Gasteiger partial charge in [0.25, 0.3) is 5.91 Å². The Bertz CT molecular complexity index is 1190. The molecule has 0 aliphatic carbocycles. The van der Waals surface area contributed by atoms with Crippen LogP contribution in [0.2, 0.25) is 0 Å². The van der Waals surface area contributed by atoms with Crippen molar-refractivity contribution in [3.63, 3.8) is 0 Å². The highest BCUT2D eigenvalue weighted by Crippen LogP contribution is 2.32. The monoisotopic (exact) mass is 465 g/mol. The van der Waals surface area contributed by atoms with Crippen molar-refractivity contribution >= 4 is 11.8 Å². The van der Waals surface area contributed by atoms with Gasteiger partial charge in [-0.1, -0.05) is 19.9 Å². The first-order valence-electron chi connectivity index (χ1n) is 11.4. The Balaban J connectivity index is 1.27. The second-order valence-electron chi connectivity index (χ2n) is 8.83. The number of fused-ring (bicyclic) bond motifs is 2. The molecule has 4 heterocycles. The van der Waals surface area contributed by atoms with E-state index >= 15 is 0 Å². The van der Waals surface area contributed by atoms with Crippen molar-refractivity contribution in [3.8, 4) is 11.5 Å². The number of rotatable bonds is 6. The highest BCUT2D eigenvalue weighted by atomic mass is 16.7. The summed E-state index contributed by atoms with van der Waals surface area (Å²) >= 11 is 0. The summed E-state index contributed by atoms with van der Waals surface area (Å²) < 4.78 is 17.8. The minimum absolute atomic E-state index is 0.0489. The lowest BCUT2D eigenvalue weighted by Crippen LogP contribution is -2.36. The van der Waals surface area contributed by atoms with Gasteiger partial charge in [0.2, 0.25) is 12.7 Å². The molecule has 0 saturated heterocycles. The van der Waals surface area contributed by atoms with E-state index in [1.54, 1.807) is 6.07 Å². The number of nitrogens with one attached hydrogen (secondary N) is 1. The van der Waals surface area contributed by atoms with E-state index in [-0.39, 0.29) is 30.6 Å². The molecule has 0 bridgehead atoms. The summed E-state index contributed by atoms with van der Waals surface area (Å²) in [7, 11) is 0. The fourth-order valence-corrected chi connectivity index (χ4v) is 4.31. The molecule has 2 aliphatic rings. The van der Waals surface area contributed by atoms with Crippen LogP contribution >= 0.6 is 0 Å². The SMILES string of the molecule is CC(C)[C@@H](NC(=O)c1ccoc1)c1nnc2n1CCN(C(=O)Cc1ccc3c(c1)OCO3)CC2. The second-order valence-corrected chi connectivity index (χ2v) is 8.83. The average molecular weight is 466 g/mol. The van der Waals surface area contributed by atoms with Crippen molar-refractivity contribution in [3.05, 3.63) is 59.6 Å². The van der Waals surface area contributed by atoms with E-state index in [1.807, 2.05) is 41.5 Å². The first-order valence-corrected chi connectivity index (χ1v) is 11.4. The fourth-order valence-electron chi connectivity index (χ4n) is 4.31. The number of benzene rings is 1. The van der Waals surface area contributed by atoms with E-state index in [2.05, 4.69) is 15.5 Å². The van der Waals surface area contributed by atoms with Gasteiger partial charge in [0, 0.05) is 26.1 Å². The van der Waals surface area contributed by atoms with Crippen molar-refractivity contribution in [2.75, 3.05) is 19.9 Å². The molecule has 0 saturated carbocycles. The minimum atomic E-state index is -0.320. The highest BCUT2D eigenvalue weighted by Gasteiger charge is 2.29. The van der Waals surface area contributed by atoms with Crippen molar-refractivity contribution in [2.24, 2.45) is 5.92 Å². The summed E-state index contributed by atoms with van der Waals surface area (Å²) in [5, 5.41) is 11.8. The van der Waals surface area contributed by atoms with Crippen LogP contribution in [-0.2, 0) is 24.2 Å². The number of amides is 2. The summed E-state index contributed by atoms with van der Waals surface area (Å²) in [6.45, 7) is 5.94. The summed E-state index contributed by atoms with van der Waals surface area (Å²) in [6, 6.07) is 6.90. The number of nitrogens with zero attached hydrogens (tertiary/aromatic N) is 4. The van der Waals surface area contributed by atoms with Crippen LogP contribution in [0.1, 0.15) is 47.5 Å². The molecular weight excluding hydrogens is 438 g/mol. The molecule has 2 aliphatic heterocycles. The van der Waals surface area contributed by atoms with Gasteiger partial charge in [0.1, 0.15) is 12.1 Å². The van der Waals surface area contributed by atoms with Gasteiger partial charge in [-0.3, -0.25) is 9.59 Å². The summed E-state index contributed by atoms with van der Waals surface area (Å²) in [5.74, 6) is 2.82. The normalized spacial score (nSPS) is 15.7. The number of aromatic nitrogens is 3. The van der Waals surface area contributed by atoms with E-state index in [1.165, 1.54) is 12.5 Å². The zero-order valence-electron chi connectivity index (χ0n) is 19.2. The molecule has 1 N–H and O–H groups in total. The van der Waals surface area contributed by atoms with Gasteiger partial charge in [-0.15, -0.1) is 10.2 Å². The number of hydrogen-bond acceptors (Lipinski definition) is 7. The lowest BCUT2D eigenvalue weighted by atomic mass is 10.0. The third-order valence-corrected chi connectivity index (χ3v) is 6.21. The van der Waals surface area contributed by atoms with Crippen LogP contribution in [-0.4, -0.2) is 51.4 Å². The molecule has 1 aromatic carbocycles. The van der Waals surface area contributed by atoms with Crippen LogP contribution in [0.3, 0.4) is 0 Å². The van der Waals surface area contributed by atoms with Crippen LogP contribution in [0.5, 0.6) is 11.5 Å². The fraction of sp³-hybridized carbons (Fsp3) is 0.417. The quantitative estimate of drug-likeness (QED) is 0.595. The smallest absolute Gasteiger partial charge is 0.255 e. The topological polar surface area (TPSA) is 112 Å². The largest absolute Gasteiger partial charge is 0.472 e. The molecule has 0 unspecified atom stereocenters. The highest BCUT2D eigenvalue weighted by molar-refractivity contribution is 5.94. The number of carbonyl (C=O) groups excluding carboxylic acids is 2. The standard InChI is InChI=1S/C24H27N5O5/c1-15(2)22(25-24(31)17-6-10-32-13-17)23-27-26-20-5-7-28(8-9-29(20)23)21(30)12-16-3-4-18-19(11-16)34-14-33-18/h3-4,6,10-11,13,15,22H,5,7-9,12,14H2,1-2H3,(H,25,31)/t22-/m1/s1. The number of furan rings is 1. The van der Waals surface area contributed by atoms with Crippen molar-refractivity contribution < 1.29 is 23.5 Å². The molecule has 34 heavy (non-hydrogen) atoms. The van der Waals surface area contributed by atoms with Crippen molar-refractivity contribution in [1.82, 2.24) is 25.0 Å². The molecule has 10 heteroatoms. The van der Waals surface area contributed by atoms with Gasteiger partial charge in [0.15, 0.2) is 17.3 Å². The van der Waals surface area contributed by atoms with Gasteiger partial charge in [0.05, 0.1) is 24.3 Å². The molecule has 0 radical (unpaired) electrons. The third-order valence-electron chi connectivity index (χ3n) is 6.21. The minimum Gasteiger partial charge on any atom is -0.472 e. The molecule has 2 aromatic heterocycles. The number of carbonyl (C=O) groups is 2. The van der Waals surface area contributed by atoms with E-state index in [4.69, 9.17) is 13.9 Å². The molecule has 178 valence electrons. The maximum atomic E-state index is 13.0. The summed E-state index contributed by atoms with van der Waals surface area (Å²) in [6.07, 6.45) is 3.78. The predicted octanol–water partition coefficient (Wildman–Crippen LogP) is 2.35. The maximum Gasteiger partial charge on any atom is 0.255 e. The van der Waals surface area contributed by atoms with Gasteiger partial charge in [-0.2, -0.15) is 0 Å². The van der Waals surface area contributed by atoms with E-state index in [0.717, 1.165) is 11.4 Å². The van der Waals surface area contributed by atoms with Crippen LogP contribution < -0.4 is 14.8 Å². The van der Waals surface area contributed by atoms with Crippen LogP contribution in [0.4, 0.5) is 0 Å². The van der Waals surface area contributed by atoms with Crippen molar-refractivity contribution in [2.45, 2.75) is 39.3 Å². The molecule has 2 amide bonds. The van der Waals surface area contributed by atoms with Crippen molar-refractivity contribution in [1.29, 1.82) is 0 Å². The first kappa shape index (κ1) is 22.0. The van der Waals surface area contributed by atoms with Gasteiger partial charge in [-0.25, -0.2) is 0 Å². The van der Waals surface area contributed by atoms with E-state index in [0.29, 0.717) is 55.4 Å². The Labute approximate surface area is 196 Å². The van der Waals surface area contributed by atoms with Gasteiger partial charge >= 0.3 is 0 Å². The Hall–Kier alpha value is -3.82. The average Bonchev–Trinajstić information content (AvgIpc) is 3.56. The molecule has 3 aromatic rings. The zero-order chi connectivity index (χ0) is 23.7. The maximum absolute atomic E-state index is 13.0. The molecule has 1 atom stereocenters. The zero-order valence-corrected chi connectivity index (χ0v) is 19.2. The lowest BCUT2D eigenvalue weighted by Gasteiger charge is -2.23. The first-order chi connectivity index (χ1) is 16.5. The van der Waals surface area contributed by atoms with Crippen LogP contribution in [0.15, 0.2) is 41.2 Å². The molecule has 0 spiro atoms. The van der Waals surface area contributed by atoms with Gasteiger partial charge in [-0.05, 0) is 29.7 Å². The second kappa shape index (κ2) is 9.20. The molecule has 10 nitrogen and oxygen atoms in total. The van der Waals surface area contributed by atoms with Crippen LogP contribution in [0, 0.1) is 5.92 Å². The Morgan fingerprint density at radius 3 is 2.74 bits per heavy atom. The van der Waals surface area contributed by atoms with E-state index in [9.17, 15) is 9.59 Å². The molecule has 5 rings (SSSR count).